The molecule has 1 aliphatic carbocycles. The van der Waals surface area contributed by atoms with Crippen LogP contribution < -0.4 is 5.32 Å². The molecule has 0 aromatic rings. The van der Waals surface area contributed by atoms with Crippen LogP contribution in [0.5, 0.6) is 0 Å². The van der Waals surface area contributed by atoms with Crippen LogP contribution in [-0.4, -0.2) is 12.1 Å². The van der Waals surface area contributed by atoms with Crippen LogP contribution in [-0.2, 0) is 0 Å². The highest BCUT2D eigenvalue weighted by molar-refractivity contribution is 5.06. The fourth-order valence-corrected chi connectivity index (χ4v) is 3.41. The van der Waals surface area contributed by atoms with E-state index in [9.17, 15) is 0 Å². The quantitative estimate of drug-likeness (QED) is 0.731. The Kier molecular flexibility index (Phi) is 3.30. The molecule has 1 aliphatic rings. The minimum atomic E-state index is 0.344. The summed E-state index contributed by atoms with van der Waals surface area (Å²) in [7, 11) is 0. The van der Waals surface area contributed by atoms with Gasteiger partial charge in [-0.1, -0.05) is 34.6 Å². The molecule has 14 heavy (non-hydrogen) atoms. The summed E-state index contributed by atoms with van der Waals surface area (Å²) in [4.78, 5) is 0. The maximum absolute atomic E-state index is 3.70. The van der Waals surface area contributed by atoms with E-state index < -0.39 is 0 Å². The van der Waals surface area contributed by atoms with E-state index in [1.54, 1.807) is 0 Å². The number of nitrogens with one attached hydrogen (secondary N) is 1. The van der Waals surface area contributed by atoms with Gasteiger partial charge in [-0.25, -0.2) is 0 Å². The third kappa shape index (κ3) is 1.71. The van der Waals surface area contributed by atoms with E-state index >= 15 is 0 Å². The van der Waals surface area contributed by atoms with Crippen molar-refractivity contribution in [2.24, 2.45) is 17.3 Å². The molecular formula is C13H27N. The van der Waals surface area contributed by atoms with Gasteiger partial charge >= 0.3 is 0 Å². The molecule has 0 aromatic carbocycles. The first kappa shape index (κ1) is 12.0. The number of rotatable bonds is 3. The number of hydrogen-bond acceptors (Lipinski definition) is 1. The van der Waals surface area contributed by atoms with Crippen molar-refractivity contribution in [3.05, 3.63) is 0 Å². The predicted octanol–water partition coefficient (Wildman–Crippen LogP) is 3.45. The molecule has 1 saturated carbocycles. The molecule has 1 nitrogen and oxygen atoms in total. The van der Waals surface area contributed by atoms with Crippen molar-refractivity contribution in [2.75, 3.05) is 6.54 Å². The SMILES string of the molecule is CCN[C@@]1(C)CCC(C(C)C)C1(C)C. The molecule has 2 atom stereocenters. The first-order valence-electron chi connectivity index (χ1n) is 6.10. The Morgan fingerprint density at radius 1 is 1.29 bits per heavy atom. The van der Waals surface area contributed by atoms with Gasteiger partial charge in [-0.3, -0.25) is 0 Å². The van der Waals surface area contributed by atoms with Crippen molar-refractivity contribution in [3.63, 3.8) is 0 Å². The van der Waals surface area contributed by atoms with Crippen molar-refractivity contribution in [3.8, 4) is 0 Å². The Morgan fingerprint density at radius 2 is 1.86 bits per heavy atom. The normalized spacial score (nSPS) is 36.6. The van der Waals surface area contributed by atoms with Crippen molar-refractivity contribution in [1.82, 2.24) is 5.32 Å². The highest BCUT2D eigenvalue weighted by atomic mass is 15.0. The molecule has 1 heteroatoms. The van der Waals surface area contributed by atoms with Gasteiger partial charge in [0.25, 0.3) is 0 Å². The third-order valence-electron chi connectivity index (χ3n) is 4.68. The zero-order valence-corrected chi connectivity index (χ0v) is 10.8. The zero-order valence-electron chi connectivity index (χ0n) is 10.8. The first-order chi connectivity index (χ1) is 6.35. The third-order valence-corrected chi connectivity index (χ3v) is 4.68. The molecule has 0 spiro atoms. The number of hydrogen-bond donors (Lipinski definition) is 1. The lowest BCUT2D eigenvalue weighted by Crippen LogP contribution is -2.52. The van der Waals surface area contributed by atoms with Crippen LogP contribution in [0.1, 0.15) is 54.4 Å². The smallest absolute Gasteiger partial charge is 0.0207 e. The summed E-state index contributed by atoms with van der Waals surface area (Å²) in [5, 5.41) is 3.70. The molecule has 0 saturated heterocycles. The van der Waals surface area contributed by atoms with Gasteiger partial charge in [0.1, 0.15) is 0 Å². The first-order valence-corrected chi connectivity index (χ1v) is 6.10. The highest BCUT2D eigenvalue weighted by Crippen LogP contribution is 2.52. The second-order valence-electron chi connectivity index (χ2n) is 5.97. The van der Waals surface area contributed by atoms with E-state index in [1.165, 1.54) is 12.8 Å². The molecule has 0 heterocycles. The van der Waals surface area contributed by atoms with E-state index in [4.69, 9.17) is 0 Å². The van der Waals surface area contributed by atoms with Gasteiger partial charge in [0.2, 0.25) is 0 Å². The molecular weight excluding hydrogens is 170 g/mol. The molecule has 0 bridgehead atoms. The molecule has 1 N–H and O–H groups in total. The second-order valence-corrected chi connectivity index (χ2v) is 5.97. The summed E-state index contributed by atoms with van der Waals surface area (Å²) in [5.41, 5.74) is 0.772. The minimum absolute atomic E-state index is 0.344. The van der Waals surface area contributed by atoms with E-state index in [0.29, 0.717) is 11.0 Å². The van der Waals surface area contributed by atoms with Crippen LogP contribution in [0.2, 0.25) is 0 Å². The van der Waals surface area contributed by atoms with Crippen LogP contribution in [0.25, 0.3) is 0 Å². The summed E-state index contributed by atoms with van der Waals surface area (Å²) in [6, 6.07) is 0. The van der Waals surface area contributed by atoms with Crippen LogP contribution in [0, 0.1) is 17.3 Å². The lowest BCUT2D eigenvalue weighted by Gasteiger charge is -2.43. The van der Waals surface area contributed by atoms with Crippen molar-refractivity contribution < 1.29 is 0 Å². The average molecular weight is 197 g/mol. The molecule has 1 unspecified atom stereocenters. The van der Waals surface area contributed by atoms with Gasteiger partial charge in [0.05, 0.1) is 0 Å². The van der Waals surface area contributed by atoms with Crippen LogP contribution in [0.15, 0.2) is 0 Å². The second kappa shape index (κ2) is 3.84. The fraction of sp³-hybridized carbons (Fsp3) is 1.00. The molecule has 0 aromatic heterocycles. The molecule has 0 aliphatic heterocycles. The summed E-state index contributed by atoms with van der Waals surface area (Å²) in [6.07, 6.45) is 2.71. The Bertz CT molecular complexity index is 195. The van der Waals surface area contributed by atoms with Crippen LogP contribution in [0.3, 0.4) is 0 Å². The Labute approximate surface area is 89.7 Å². The highest BCUT2D eigenvalue weighted by Gasteiger charge is 2.51. The van der Waals surface area contributed by atoms with Crippen molar-refractivity contribution in [2.45, 2.75) is 59.9 Å². The van der Waals surface area contributed by atoms with Gasteiger partial charge in [-0.05, 0) is 43.6 Å². The summed E-state index contributed by atoms with van der Waals surface area (Å²) >= 11 is 0. The standard InChI is InChI=1S/C13H27N/c1-7-14-13(6)9-8-11(10(2)3)12(13,4)5/h10-11,14H,7-9H2,1-6H3/t11?,13-/m0/s1. The van der Waals surface area contributed by atoms with E-state index in [2.05, 4.69) is 46.9 Å². The van der Waals surface area contributed by atoms with Gasteiger partial charge in [0.15, 0.2) is 0 Å². The minimum Gasteiger partial charge on any atom is -0.311 e. The molecule has 1 fully saturated rings. The van der Waals surface area contributed by atoms with E-state index in [-0.39, 0.29) is 0 Å². The van der Waals surface area contributed by atoms with Gasteiger partial charge in [0, 0.05) is 5.54 Å². The molecule has 0 amide bonds. The Morgan fingerprint density at radius 3 is 2.21 bits per heavy atom. The van der Waals surface area contributed by atoms with Gasteiger partial charge in [-0.15, -0.1) is 0 Å². The average Bonchev–Trinajstić information content (AvgIpc) is 2.24. The Hall–Kier alpha value is -0.0400. The van der Waals surface area contributed by atoms with E-state index in [0.717, 1.165) is 18.4 Å². The maximum atomic E-state index is 3.70. The predicted molar refractivity (Wildman–Crippen MR) is 63.4 cm³/mol. The molecule has 84 valence electrons. The van der Waals surface area contributed by atoms with Crippen molar-refractivity contribution in [1.29, 1.82) is 0 Å². The monoisotopic (exact) mass is 197 g/mol. The summed E-state index contributed by atoms with van der Waals surface area (Å²) < 4.78 is 0. The lowest BCUT2D eigenvalue weighted by atomic mass is 9.68. The maximum Gasteiger partial charge on any atom is 0.0207 e. The summed E-state index contributed by atoms with van der Waals surface area (Å²) in [5.74, 6) is 1.68. The van der Waals surface area contributed by atoms with Gasteiger partial charge < -0.3 is 5.32 Å². The van der Waals surface area contributed by atoms with Crippen LogP contribution >= 0.6 is 0 Å². The summed E-state index contributed by atoms with van der Waals surface area (Å²) in [6.45, 7) is 15.3. The molecule has 1 rings (SSSR count). The van der Waals surface area contributed by atoms with Crippen LogP contribution in [0.4, 0.5) is 0 Å². The van der Waals surface area contributed by atoms with Gasteiger partial charge in [-0.2, -0.15) is 0 Å². The molecule has 0 radical (unpaired) electrons. The van der Waals surface area contributed by atoms with E-state index in [1.807, 2.05) is 0 Å². The largest absolute Gasteiger partial charge is 0.311 e. The topological polar surface area (TPSA) is 12.0 Å². The lowest BCUT2D eigenvalue weighted by molar-refractivity contribution is 0.103. The Balaban J connectivity index is 2.84. The fourth-order valence-electron chi connectivity index (χ4n) is 3.41. The zero-order chi connectivity index (χ0) is 11.0. The van der Waals surface area contributed by atoms with Crippen molar-refractivity contribution >= 4 is 0 Å².